The Morgan fingerprint density at radius 2 is 2.04 bits per heavy atom. The summed E-state index contributed by atoms with van der Waals surface area (Å²) in [6, 6.07) is 0. The molecule has 4 bridgehead atoms. The molecule has 1 saturated heterocycles. The van der Waals surface area contributed by atoms with Crippen molar-refractivity contribution in [2.75, 3.05) is 6.61 Å². The van der Waals surface area contributed by atoms with Gasteiger partial charge in [0.1, 0.15) is 12.2 Å². The maximum atomic E-state index is 12.4. The van der Waals surface area contributed by atoms with Crippen LogP contribution >= 0.6 is 0 Å². The van der Waals surface area contributed by atoms with Gasteiger partial charge in [-0.25, -0.2) is 4.79 Å². The molecule has 3 aliphatic carbocycles. The Labute approximate surface area is 153 Å². The van der Waals surface area contributed by atoms with E-state index in [1.165, 1.54) is 0 Å². The van der Waals surface area contributed by atoms with Crippen molar-refractivity contribution in [1.29, 1.82) is 0 Å². The van der Waals surface area contributed by atoms with Crippen LogP contribution in [0.4, 0.5) is 0 Å². The third-order valence-electron chi connectivity index (χ3n) is 7.06. The van der Waals surface area contributed by atoms with Crippen molar-refractivity contribution in [2.45, 2.75) is 71.5 Å². The summed E-state index contributed by atoms with van der Waals surface area (Å²) >= 11 is 0. The van der Waals surface area contributed by atoms with Gasteiger partial charge < -0.3 is 14.2 Å². The Kier molecular flexibility index (Phi) is 4.08. The molecule has 0 amide bonds. The second-order valence-electron chi connectivity index (χ2n) is 9.30. The largest absolute Gasteiger partial charge is 0.458 e. The predicted octanol–water partition coefficient (Wildman–Crippen LogP) is 2.63. The molecule has 0 aromatic rings. The lowest BCUT2D eigenvalue weighted by atomic mass is 9.61. The number of esters is 3. The van der Waals surface area contributed by atoms with Crippen molar-refractivity contribution in [2.24, 2.45) is 28.6 Å². The molecule has 3 saturated carbocycles. The quantitative estimate of drug-likeness (QED) is 0.532. The summed E-state index contributed by atoms with van der Waals surface area (Å²) in [5, 5.41) is 0. The number of carbonyl (C=O) groups is 3. The molecule has 4 rings (SSSR count). The van der Waals surface area contributed by atoms with E-state index in [2.05, 4.69) is 0 Å². The minimum atomic E-state index is -0.606. The smallest absolute Gasteiger partial charge is 0.344 e. The molecule has 1 spiro atoms. The zero-order chi connectivity index (χ0) is 18.7. The highest BCUT2D eigenvalue weighted by Crippen LogP contribution is 2.67. The van der Waals surface area contributed by atoms with E-state index < -0.39 is 11.4 Å². The van der Waals surface area contributed by atoms with Crippen LogP contribution < -0.4 is 0 Å². The monoisotopic (exact) mass is 364 g/mol. The van der Waals surface area contributed by atoms with Gasteiger partial charge in [0.2, 0.25) is 0 Å². The number of hydrogen-bond acceptors (Lipinski definition) is 6. The van der Waals surface area contributed by atoms with E-state index in [4.69, 9.17) is 14.2 Å². The molecule has 26 heavy (non-hydrogen) atoms. The molecule has 0 radical (unpaired) electrons. The van der Waals surface area contributed by atoms with Gasteiger partial charge in [0.15, 0.2) is 6.61 Å². The van der Waals surface area contributed by atoms with E-state index in [0.29, 0.717) is 12.3 Å². The Hall–Kier alpha value is -1.59. The highest BCUT2D eigenvalue weighted by molar-refractivity contribution is 5.82. The number of fused-ring (bicyclic) bond motifs is 2. The third kappa shape index (κ3) is 2.55. The van der Waals surface area contributed by atoms with Crippen molar-refractivity contribution in [1.82, 2.24) is 0 Å². The van der Waals surface area contributed by atoms with Gasteiger partial charge in [0.05, 0.1) is 10.8 Å². The zero-order valence-electron chi connectivity index (χ0n) is 15.8. The van der Waals surface area contributed by atoms with E-state index in [1.54, 1.807) is 0 Å². The van der Waals surface area contributed by atoms with Crippen LogP contribution in [0.1, 0.15) is 59.3 Å². The molecule has 0 aromatic heterocycles. The average Bonchev–Trinajstić information content (AvgIpc) is 2.91. The molecule has 6 atom stereocenters. The van der Waals surface area contributed by atoms with Crippen molar-refractivity contribution < 1.29 is 28.6 Å². The van der Waals surface area contributed by atoms with Crippen LogP contribution in [0.5, 0.6) is 0 Å². The molecular weight excluding hydrogens is 336 g/mol. The summed E-state index contributed by atoms with van der Waals surface area (Å²) in [4.78, 5) is 36.9. The lowest BCUT2D eigenvalue weighted by Crippen LogP contribution is -2.49. The molecule has 0 N–H and O–H groups in total. The standard InChI is InChI=1S/C20H28O6/c1-4-5-19(2,3)17(22)24-10-14(21)25-15-12-6-11-7-13-16(15)26-18(23)20(13,8-11)9-12/h11-13,15-16H,4-10H2,1-3H3. The molecule has 6 unspecified atom stereocenters. The van der Waals surface area contributed by atoms with Crippen LogP contribution in [0.15, 0.2) is 0 Å². The van der Waals surface area contributed by atoms with Crippen LogP contribution in [0, 0.1) is 28.6 Å². The first-order valence-corrected chi connectivity index (χ1v) is 9.84. The first kappa shape index (κ1) is 17.8. The SMILES string of the molecule is CCCC(C)(C)C(=O)OCC(=O)OC1C2CC3CC4C1OC(=O)C4(C3)C2. The highest BCUT2D eigenvalue weighted by atomic mass is 16.6. The molecule has 144 valence electrons. The summed E-state index contributed by atoms with van der Waals surface area (Å²) in [6.45, 7) is 5.26. The van der Waals surface area contributed by atoms with Gasteiger partial charge in [0.25, 0.3) is 0 Å². The normalized spacial score (nSPS) is 39.7. The lowest BCUT2D eigenvalue weighted by molar-refractivity contribution is -0.177. The van der Waals surface area contributed by atoms with Gasteiger partial charge in [-0.3, -0.25) is 9.59 Å². The highest BCUT2D eigenvalue weighted by Gasteiger charge is 2.71. The Morgan fingerprint density at radius 3 is 2.77 bits per heavy atom. The van der Waals surface area contributed by atoms with Crippen LogP contribution in [-0.2, 0) is 28.6 Å². The summed E-state index contributed by atoms with van der Waals surface area (Å²) in [5.74, 6) is -0.112. The van der Waals surface area contributed by atoms with Gasteiger partial charge in [0, 0.05) is 11.8 Å². The van der Waals surface area contributed by atoms with Crippen LogP contribution in [0.2, 0.25) is 0 Å². The fourth-order valence-electron chi connectivity index (χ4n) is 6.03. The third-order valence-corrected chi connectivity index (χ3v) is 7.06. The van der Waals surface area contributed by atoms with Gasteiger partial charge >= 0.3 is 17.9 Å². The maximum Gasteiger partial charge on any atom is 0.344 e. The van der Waals surface area contributed by atoms with E-state index in [9.17, 15) is 14.4 Å². The second-order valence-corrected chi connectivity index (χ2v) is 9.30. The van der Waals surface area contributed by atoms with E-state index in [0.717, 1.165) is 32.1 Å². The fraction of sp³-hybridized carbons (Fsp3) is 0.850. The van der Waals surface area contributed by atoms with Crippen molar-refractivity contribution in [3.05, 3.63) is 0 Å². The molecule has 6 heteroatoms. The predicted molar refractivity (Wildman–Crippen MR) is 90.8 cm³/mol. The Balaban J connectivity index is 1.37. The van der Waals surface area contributed by atoms with Crippen LogP contribution in [0.3, 0.4) is 0 Å². The molecule has 1 heterocycles. The molecule has 4 fully saturated rings. The van der Waals surface area contributed by atoms with Gasteiger partial charge in [-0.05, 0) is 51.9 Å². The summed E-state index contributed by atoms with van der Waals surface area (Å²) < 4.78 is 16.5. The maximum absolute atomic E-state index is 12.4. The van der Waals surface area contributed by atoms with Crippen molar-refractivity contribution >= 4 is 17.9 Å². The van der Waals surface area contributed by atoms with Gasteiger partial charge in [-0.2, -0.15) is 0 Å². The number of carbonyl (C=O) groups excluding carboxylic acids is 3. The zero-order valence-corrected chi connectivity index (χ0v) is 15.8. The Bertz CT molecular complexity index is 640. The number of hydrogen-bond donors (Lipinski definition) is 0. The Morgan fingerprint density at radius 1 is 1.27 bits per heavy atom. The molecule has 1 aliphatic heterocycles. The lowest BCUT2D eigenvalue weighted by Gasteiger charge is -2.42. The first-order valence-electron chi connectivity index (χ1n) is 9.84. The van der Waals surface area contributed by atoms with Gasteiger partial charge in [-0.1, -0.05) is 13.3 Å². The summed E-state index contributed by atoms with van der Waals surface area (Å²) in [5.41, 5.74) is -0.914. The summed E-state index contributed by atoms with van der Waals surface area (Å²) in [6.07, 6.45) is 4.57. The average molecular weight is 364 g/mol. The van der Waals surface area contributed by atoms with Crippen LogP contribution in [0.25, 0.3) is 0 Å². The second kappa shape index (κ2) is 5.96. The molecule has 0 aromatic carbocycles. The molecular formula is C20H28O6. The van der Waals surface area contributed by atoms with Crippen molar-refractivity contribution in [3.8, 4) is 0 Å². The molecule has 6 nitrogen and oxygen atoms in total. The minimum absolute atomic E-state index is 0.0917. The minimum Gasteiger partial charge on any atom is -0.458 e. The fourth-order valence-corrected chi connectivity index (χ4v) is 6.03. The van der Waals surface area contributed by atoms with Gasteiger partial charge in [-0.15, -0.1) is 0 Å². The molecule has 4 aliphatic rings. The van der Waals surface area contributed by atoms with E-state index in [-0.39, 0.29) is 48.0 Å². The first-order chi connectivity index (χ1) is 12.3. The van der Waals surface area contributed by atoms with E-state index in [1.807, 2.05) is 20.8 Å². The topological polar surface area (TPSA) is 78.9 Å². The summed E-state index contributed by atoms with van der Waals surface area (Å²) in [7, 11) is 0. The number of rotatable bonds is 6. The van der Waals surface area contributed by atoms with E-state index >= 15 is 0 Å². The van der Waals surface area contributed by atoms with Crippen molar-refractivity contribution in [3.63, 3.8) is 0 Å². The number of ether oxygens (including phenoxy) is 3. The van der Waals surface area contributed by atoms with Crippen LogP contribution in [-0.4, -0.2) is 36.7 Å².